The third-order valence-corrected chi connectivity index (χ3v) is 3.79. The van der Waals surface area contributed by atoms with Crippen LogP contribution in [-0.2, 0) is 0 Å². The summed E-state index contributed by atoms with van der Waals surface area (Å²) in [6.07, 6.45) is 0.991. The van der Waals surface area contributed by atoms with Crippen molar-refractivity contribution in [3.63, 3.8) is 0 Å². The van der Waals surface area contributed by atoms with Gasteiger partial charge in [-0.05, 0) is 38.1 Å². The first-order valence-corrected chi connectivity index (χ1v) is 6.85. The van der Waals surface area contributed by atoms with Crippen LogP contribution in [0.25, 0.3) is 0 Å². The molecule has 1 amide bonds. The summed E-state index contributed by atoms with van der Waals surface area (Å²) in [6.45, 7) is 4.48. The smallest absolute Gasteiger partial charge is 0.255 e. The summed E-state index contributed by atoms with van der Waals surface area (Å²) >= 11 is 11.9. The molecule has 0 spiro atoms. The number of halogens is 2. The molecule has 5 heteroatoms. The molecule has 0 saturated carbocycles. The van der Waals surface area contributed by atoms with Gasteiger partial charge in [-0.2, -0.15) is 0 Å². The van der Waals surface area contributed by atoms with Crippen LogP contribution in [0.5, 0.6) is 0 Å². The van der Waals surface area contributed by atoms with Crippen molar-refractivity contribution in [1.29, 1.82) is 0 Å². The Morgan fingerprint density at radius 3 is 2.83 bits per heavy atom. The van der Waals surface area contributed by atoms with Gasteiger partial charge in [-0.15, -0.1) is 0 Å². The quantitative estimate of drug-likeness (QED) is 0.927. The van der Waals surface area contributed by atoms with Crippen molar-refractivity contribution in [2.45, 2.75) is 19.4 Å². The Labute approximate surface area is 117 Å². The number of amides is 1. The van der Waals surface area contributed by atoms with E-state index in [1.807, 2.05) is 11.8 Å². The zero-order chi connectivity index (χ0) is 13.1. The van der Waals surface area contributed by atoms with Crippen LogP contribution in [0.3, 0.4) is 0 Å². The fourth-order valence-corrected chi connectivity index (χ4v) is 2.78. The van der Waals surface area contributed by atoms with Gasteiger partial charge < -0.3 is 10.2 Å². The molecule has 2 rings (SSSR count). The van der Waals surface area contributed by atoms with Crippen molar-refractivity contribution in [1.82, 2.24) is 10.2 Å². The van der Waals surface area contributed by atoms with Crippen LogP contribution in [-0.4, -0.2) is 36.5 Å². The van der Waals surface area contributed by atoms with Crippen LogP contribution in [0, 0.1) is 0 Å². The van der Waals surface area contributed by atoms with E-state index >= 15 is 0 Å². The van der Waals surface area contributed by atoms with Gasteiger partial charge >= 0.3 is 0 Å². The van der Waals surface area contributed by atoms with Gasteiger partial charge in [0, 0.05) is 24.2 Å². The predicted molar refractivity (Wildman–Crippen MR) is 74.4 cm³/mol. The number of hydrogen-bond donors (Lipinski definition) is 1. The van der Waals surface area contributed by atoms with Crippen molar-refractivity contribution in [3.8, 4) is 0 Å². The molecule has 1 atom stereocenters. The fourth-order valence-electron chi connectivity index (χ4n) is 2.29. The molecule has 3 nitrogen and oxygen atoms in total. The average Bonchev–Trinajstić information content (AvgIpc) is 2.83. The third-order valence-electron chi connectivity index (χ3n) is 3.24. The zero-order valence-corrected chi connectivity index (χ0v) is 11.8. The molecule has 1 N–H and O–H groups in total. The van der Waals surface area contributed by atoms with Crippen LogP contribution in [0.1, 0.15) is 23.7 Å². The maximum absolute atomic E-state index is 12.5. The molecule has 1 heterocycles. The molecule has 0 aromatic heterocycles. The molecule has 1 aliphatic rings. The van der Waals surface area contributed by atoms with Gasteiger partial charge in [0.1, 0.15) is 0 Å². The second-order valence-corrected chi connectivity index (χ2v) is 5.21. The van der Waals surface area contributed by atoms with E-state index in [0.717, 1.165) is 19.5 Å². The molecule has 18 heavy (non-hydrogen) atoms. The molecule has 1 aromatic rings. The minimum atomic E-state index is -0.0205. The Balaban J connectivity index is 2.22. The van der Waals surface area contributed by atoms with Crippen molar-refractivity contribution in [2.24, 2.45) is 0 Å². The van der Waals surface area contributed by atoms with E-state index in [9.17, 15) is 4.79 Å². The van der Waals surface area contributed by atoms with E-state index in [-0.39, 0.29) is 11.9 Å². The molecule has 0 radical (unpaired) electrons. The molecule has 1 unspecified atom stereocenters. The molecule has 0 bridgehead atoms. The number of nitrogens with one attached hydrogen (secondary N) is 1. The number of hydrogen-bond acceptors (Lipinski definition) is 2. The molecule has 98 valence electrons. The predicted octanol–water partition coefficient (Wildman–Crippen LogP) is 2.82. The van der Waals surface area contributed by atoms with Crippen molar-refractivity contribution >= 4 is 29.1 Å². The van der Waals surface area contributed by atoms with Crippen LogP contribution in [0.4, 0.5) is 0 Å². The van der Waals surface area contributed by atoms with E-state index in [4.69, 9.17) is 23.2 Å². The molecular formula is C13H16Cl2N2O. The maximum atomic E-state index is 12.5. The lowest BCUT2D eigenvalue weighted by atomic mass is 10.1. The average molecular weight is 287 g/mol. The second-order valence-electron chi connectivity index (χ2n) is 4.36. The molecular weight excluding hydrogens is 271 g/mol. The van der Waals surface area contributed by atoms with Crippen molar-refractivity contribution in [3.05, 3.63) is 33.8 Å². The van der Waals surface area contributed by atoms with E-state index in [1.54, 1.807) is 18.2 Å². The molecule has 1 aliphatic heterocycles. The highest BCUT2D eigenvalue weighted by Crippen LogP contribution is 2.23. The fraction of sp³-hybridized carbons (Fsp3) is 0.462. The molecule has 1 fully saturated rings. The number of carbonyl (C=O) groups is 1. The minimum Gasteiger partial charge on any atom is -0.335 e. The second kappa shape index (κ2) is 5.91. The van der Waals surface area contributed by atoms with Crippen molar-refractivity contribution < 1.29 is 4.79 Å². The lowest BCUT2D eigenvalue weighted by Crippen LogP contribution is -2.41. The van der Waals surface area contributed by atoms with E-state index in [1.165, 1.54) is 0 Å². The van der Waals surface area contributed by atoms with Crippen LogP contribution >= 0.6 is 23.2 Å². The summed E-state index contributed by atoms with van der Waals surface area (Å²) in [7, 11) is 0. The summed E-state index contributed by atoms with van der Waals surface area (Å²) in [5, 5.41) is 4.23. The molecule has 1 aromatic carbocycles. The Hall–Kier alpha value is -0.770. The van der Waals surface area contributed by atoms with Gasteiger partial charge in [-0.3, -0.25) is 4.79 Å². The maximum Gasteiger partial charge on any atom is 0.255 e. The first-order valence-electron chi connectivity index (χ1n) is 6.10. The summed E-state index contributed by atoms with van der Waals surface area (Å²) < 4.78 is 0. The normalized spacial score (nSPS) is 18.9. The minimum absolute atomic E-state index is 0.0205. The zero-order valence-electron chi connectivity index (χ0n) is 10.2. The monoisotopic (exact) mass is 286 g/mol. The summed E-state index contributed by atoms with van der Waals surface area (Å²) in [6, 6.07) is 5.26. The van der Waals surface area contributed by atoms with E-state index in [0.29, 0.717) is 22.2 Å². The number of rotatable bonds is 3. The van der Waals surface area contributed by atoms with Crippen LogP contribution in [0.2, 0.25) is 10.0 Å². The van der Waals surface area contributed by atoms with Crippen LogP contribution in [0.15, 0.2) is 18.2 Å². The van der Waals surface area contributed by atoms with Gasteiger partial charge in [-0.25, -0.2) is 0 Å². The highest BCUT2D eigenvalue weighted by Gasteiger charge is 2.27. The summed E-state index contributed by atoms with van der Waals surface area (Å²) in [5.74, 6) is -0.0205. The van der Waals surface area contributed by atoms with E-state index < -0.39 is 0 Å². The van der Waals surface area contributed by atoms with Crippen molar-refractivity contribution in [2.75, 3.05) is 19.6 Å². The Bertz CT molecular complexity index is 445. The third kappa shape index (κ3) is 2.79. The summed E-state index contributed by atoms with van der Waals surface area (Å²) in [5.41, 5.74) is 0.523. The number of carbonyl (C=O) groups excluding carboxylic acids is 1. The highest BCUT2D eigenvalue weighted by molar-refractivity contribution is 6.36. The Morgan fingerprint density at radius 1 is 1.50 bits per heavy atom. The Morgan fingerprint density at radius 2 is 2.28 bits per heavy atom. The lowest BCUT2D eigenvalue weighted by Gasteiger charge is -2.27. The largest absolute Gasteiger partial charge is 0.335 e. The van der Waals surface area contributed by atoms with Gasteiger partial charge in [0.25, 0.3) is 5.91 Å². The van der Waals surface area contributed by atoms with E-state index in [2.05, 4.69) is 5.32 Å². The highest BCUT2D eigenvalue weighted by atomic mass is 35.5. The first kappa shape index (κ1) is 13.7. The molecule has 0 aliphatic carbocycles. The first-order chi connectivity index (χ1) is 8.63. The van der Waals surface area contributed by atoms with Gasteiger partial charge in [0.2, 0.25) is 0 Å². The standard InChI is InChI=1S/C13H16Cl2N2O/c1-2-17(10-5-6-16-8-10)13(18)11-4-3-9(14)7-12(11)15/h3-4,7,10,16H,2,5-6,8H2,1H3. The SMILES string of the molecule is CCN(C(=O)c1ccc(Cl)cc1Cl)C1CCNC1. The number of nitrogens with zero attached hydrogens (tertiary/aromatic N) is 1. The number of likely N-dealkylation sites (N-methyl/N-ethyl adjacent to an activating group) is 1. The van der Waals surface area contributed by atoms with Gasteiger partial charge in [0.05, 0.1) is 10.6 Å². The summed E-state index contributed by atoms with van der Waals surface area (Å²) in [4.78, 5) is 14.3. The van der Waals surface area contributed by atoms with Crippen LogP contribution < -0.4 is 5.32 Å². The number of benzene rings is 1. The lowest BCUT2D eigenvalue weighted by molar-refractivity contribution is 0.0704. The topological polar surface area (TPSA) is 32.3 Å². The Kier molecular flexibility index (Phi) is 4.49. The van der Waals surface area contributed by atoms with Gasteiger partial charge in [-0.1, -0.05) is 23.2 Å². The molecule has 1 saturated heterocycles. The van der Waals surface area contributed by atoms with Gasteiger partial charge in [0.15, 0.2) is 0 Å².